The van der Waals surface area contributed by atoms with E-state index in [1.54, 1.807) is 42.7 Å². The molecule has 18 heteroatoms. The highest BCUT2D eigenvalue weighted by Crippen LogP contribution is 2.32. The fourth-order valence-corrected chi connectivity index (χ4v) is 11.2. The predicted octanol–water partition coefficient (Wildman–Crippen LogP) is 9.59. The Morgan fingerprint density at radius 2 is 1.12 bits per heavy atom. The summed E-state index contributed by atoms with van der Waals surface area (Å²) in [6, 6.07) is 15.4. The van der Waals surface area contributed by atoms with E-state index in [1.807, 2.05) is 13.0 Å². The SMILES string of the molecule is CCNC(=O)NCc1cnc(N2CCN(C3CCN(Cc4ccc(Cl)cc4F)CC3)[C@@H](CC)C2)c(Cl)c1.CC[C@H]1CN(c2ncc(N)cc2Cl)CCN1C1CCN(Cc2ccc(Cl)cc2F)CC1. The summed E-state index contributed by atoms with van der Waals surface area (Å²) in [5.74, 6) is 1.19. The highest BCUT2D eigenvalue weighted by atomic mass is 35.5. The number of nitrogen functional groups attached to an aromatic ring is 1. The number of carbonyl (C=O) groups is 1. The number of carbonyl (C=O) groups excluding carboxylic acids is 1. The minimum atomic E-state index is -0.227. The van der Waals surface area contributed by atoms with Crippen molar-refractivity contribution in [1.82, 2.24) is 40.2 Å². The second-order valence-electron chi connectivity index (χ2n) is 18.4. The first-order valence-electron chi connectivity index (χ1n) is 24.2. The van der Waals surface area contributed by atoms with Crippen LogP contribution in [0.3, 0.4) is 0 Å². The number of hydrogen-bond acceptors (Lipinski definition) is 10. The minimum Gasteiger partial charge on any atom is -0.397 e. The summed E-state index contributed by atoms with van der Waals surface area (Å²) in [5.41, 5.74) is 8.68. The molecule has 0 bridgehead atoms. The maximum absolute atomic E-state index is 14.2. The fourth-order valence-electron chi connectivity index (χ4n) is 10.3. The van der Waals surface area contributed by atoms with E-state index in [0.717, 1.165) is 127 Å². The quantitative estimate of drug-likeness (QED) is 0.120. The van der Waals surface area contributed by atoms with E-state index in [9.17, 15) is 13.6 Å². The summed E-state index contributed by atoms with van der Waals surface area (Å²) in [6.07, 6.45) is 9.97. The van der Waals surface area contributed by atoms with Crippen LogP contribution in [0.1, 0.15) is 76.0 Å². The van der Waals surface area contributed by atoms with Crippen molar-refractivity contribution in [3.8, 4) is 0 Å². The number of piperidine rings is 2. The van der Waals surface area contributed by atoms with Crippen molar-refractivity contribution in [3.63, 3.8) is 0 Å². The van der Waals surface area contributed by atoms with Crippen molar-refractivity contribution in [1.29, 1.82) is 0 Å². The first-order valence-corrected chi connectivity index (χ1v) is 25.7. The zero-order valence-electron chi connectivity index (χ0n) is 39.6. The summed E-state index contributed by atoms with van der Waals surface area (Å²) in [6.45, 7) is 18.0. The lowest BCUT2D eigenvalue weighted by atomic mass is 9.97. The molecular formula is C50H67Cl4F2N11O. The number of urea groups is 1. The molecule has 370 valence electrons. The summed E-state index contributed by atoms with van der Waals surface area (Å²) >= 11 is 24.8. The van der Waals surface area contributed by atoms with Crippen molar-refractivity contribution >= 4 is 69.8 Å². The molecule has 0 spiro atoms. The second-order valence-corrected chi connectivity index (χ2v) is 20.1. The van der Waals surface area contributed by atoms with E-state index in [1.165, 1.54) is 12.1 Å². The lowest BCUT2D eigenvalue weighted by Gasteiger charge is -2.47. The number of benzene rings is 2. The molecule has 0 saturated carbocycles. The molecule has 68 heavy (non-hydrogen) atoms. The third-order valence-electron chi connectivity index (χ3n) is 14.0. The molecule has 4 N–H and O–H groups in total. The Morgan fingerprint density at radius 1 is 0.647 bits per heavy atom. The predicted molar refractivity (Wildman–Crippen MR) is 274 cm³/mol. The third-order valence-corrected chi connectivity index (χ3v) is 15.0. The molecule has 2 amide bonds. The monoisotopic (exact) mass is 1020 g/mol. The zero-order chi connectivity index (χ0) is 48.3. The average Bonchev–Trinajstić information content (AvgIpc) is 3.33. The maximum Gasteiger partial charge on any atom is 0.315 e. The standard InChI is InChI=1S/C27H37Cl2FN6O.C23H30Cl2FN5/c1-3-22-18-35(26-24(29)13-19(15-32-26)16-33-27(37)31-4-2)11-12-36(22)23-7-9-34(10-8-23)17-20-5-6-21(28)14-25(20)30;1-2-19-15-30(23-21(25)12-18(27)13-28-23)9-10-31(19)20-5-7-29(8-6-20)14-16-3-4-17(24)11-22(16)26/h5-6,13-15,22-23H,3-4,7-12,16-18H2,1-2H3,(H2,31,33,37);3-4,11-13,19-20H,2,5-10,14-15,27H2,1H3/t22-;19-/m00/s1. The third kappa shape index (κ3) is 13.8. The van der Waals surface area contributed by atoms with Crippen LogP contribution in [-0.2, 0) is 19.6 Å². The number of rotatable bonds is 13. The second kappa shape index (κ2) is 24.9. The highest BCUT2D eigenvalue weighted by molar-refractivity contribution is 6.33. The molecule has 4 fully saturated rings. The van der Waals surface area contributed by atoms with Crippen LogP contribution in [0.25, 0.3) is 0 Å². The van der Waals surface area contributed by atoms with E-state index in [2.05, 4.69) is 63.8 Å². The zero-order valence-corrected chi connectivity index (χ0v) is 42.6. The molecule has 0 unspecified atom stereocenters. The first kappa shape index (κ1) is 52.1. The van der Waals surface area contributed by atoms with Gasteiger partial charge in [0.1, 0.15) is 23.3 Å². The highest BCUT2D eigenvalue weighted by Gasteiger charge is 2.36. The van der Waals surface area contributed by atoms with Crippen LogP contribution in [0.15, 0.2) is 60.9 Å². The van der Waals surface area contributed by atoms with Crippen molar-refractivity contribution < 1.29 is 13.6 Å². The Balaban J connectivity index is 0.000000204. The molecule has 4 aromatic rings. The lowest BCUT2D eigenvalue weighted by molar-refractivity contribution is 0.0607. The molecule has 6 heterocycles. The number of hydrogen-bond donors (Lipinski definition) is 3. The number of amides is 2. The smallest absolute Gasteiger partial charge is 0.315 e. The van der Waals surface area contributed by atoms with Crippen LogP contribution in [0.2, 0.25) is 20.1 Å². The molecule has 8 rings (SSSR count). The molecule has 2 atom stereocenters. The molecule has 4 aliphatic heterocycles. The molecule has 0 radical (unpaired) electrons. The Morgan fingerprint density at radius 3 is 1.54 bits per heavy atom. The van der Waals surface area contributed by atoms with Gasteiger partial charge in [0.05, 0.1) is 21.9 Å². The Labute approximate surface area is 421 Å². The summed E-state index contributed by atoms with van der Waals surface area (Å²) < 4.78 is 28.4. The number of anilines is 3. The van der Waals surface area contributed by atoms with Gasteiger partial charge in [0.15, 0.2) is 0 Å². The molecule has 2 aromatic carbocycles. The Kier molecular flexibility index (Phi) is 19.1. The molecule has 12 nitrogen and oxygen atoms in total. The normalized spacial score (nSPS) is 20.5. The van der Waals surface area contributed by atoms with Gasteiger partial charge in [-0.3, -0.25) is 19.6 Å². The van der Waals surface area contributed by atoms with Gasteiger partial charge in [0.2, 0.25) is 0 Å². The number of pyridine rings is 2. The summed E-state index contributed by atoms with van der Waals surface area (Å²) in [5, 5.41) is 7.63. The van der Waals surface area contributed by atoms with E-state index >= 15 is 0 Å². The van der Waals surface area contributed by atoms with Gasteiger partial charge in [-0.05, 0) is 114 Å². The van der Waals surface area contributed by atoms with Gasteiger partial charge in [0.25, 0.3) is 0 Å². The van der Waals surface area contributed by atoms with Gasteiger partial charge >= 0.3 is 6.03 Å². The maximum atomic E-state index is 14.2. The molecule has 4 aliphatic rings. The van der Waals surface area contributed by atoms with E-state index < -0.39 is 0 Å². The number of halogens is 6. The Bertz CT molecular complexity index is 2280. The average molecular weight is 1020 g/mol. The van der Waals surface area contributed by atoms with Crippen molar-refractivity contribution in [2.75, 3.05) is 87.5 Å². The molecule has 0 aliphatic carbocycles. The molecule has 4 saturated heterocycles. The van der Waals surface area contributed by atoms with Crippen molar-refractivity contribution in [2.24, 2.45) is 0 Å². The number of likely N-dealkylation sites (tertiary alicyclic amines) is 2. The van der Waals surface area contributed by atoms with Crippen molar-refractivity contribution in [2.45, 2.75) is 103 Å². The van der Waals surface area contributed by atoms with Crippen LogP contribution in [0.4, 0.5) is 30.9 Å². The lowest BCUT2D eigenvalue weighted by Crippen LogP contribution is -2.58. The first-order chi connectivity index (χ1) is 32.8. The number of nitrogens with one attached hydrogen (secondary N) is 2. The van der Waals surface area contributed by atoms with Gasteiger partial charge in [-0.25, -0.2) is 23.5 Å². The van der Waals surface area contributed by atoms with Gasteiger partial charge in [0, 0.05) is 117 Å². The molecular weight excluding hydrogens is 950 g/mol. The topological polar surface area (TPSA) is 112 Å². The van der Waals surface area contributed by atoms with Gasteiger partial charge in [-0.2, -0.15) is 0 Å². The minimum absolute atomic E-state index is 0.201. The largest absolute Gasteiger partial charge is 0.397 e. The molecule has 2 aromatic heterocycles. The summed E-state index contributed by atoms with van der Waals surface area (Å²) in [4.78, 5) is 35.4. The Hall–Kier alpha value is -3.73. The summed E-state index contributed by atoms with van der Waals surface area (Å²) in [7, 11) is 0. The van der Waals surface area contributed by atoms with Crippen LogP contribution in [0.5, 0.6) is 0 Å². The van der Waals surface area contributed by atoms with Crippen LogP contribution in [-0.4, -0.2) is 132 Å². The fraction of sp³-hybridized carbons (Fsp3) is 0.540. The van der Waals surface area contributed by atoms with E-state index in [0.29, 0.717) is 81.7 Å². The van der Waals surface area contributed by atoms with Gasteiger partial charge in [-0.1, -0.05) is 72.4 Å². The van der Waals surface area contributed by atoms with E-state index in [-0.39, 0.29) is 17.7 Å². The van der Waals surface area contributed by atoms with Crippen molar-refractivity contribution in [3.05, 3.63) is 109 Å². The van der Waals surface area contributed by atoms with E-state index in [4.69, 9.17) is 52.1 Å². The van der Waals surface area contributed by atoms with Crippen LogP contribution < -0.4 is 26.2 Å². The van der Waals surface area contributed by atoms with Gasteiger partial charge < -0.3 is 26.2 Å². The number of nitrogens with two attached hydrogens (primary N) is 1. The van der Waals surface area contributed by atoms with Crippen LogP contribution >= 0.6 is 46.4 Å². The van der Waals surface area contributed by atoms with Crippen LogP contribution in [0, 0.1) is 11.6 Å². The number of aromatic nitrogens is 2. The van der Waals surface area contributed by atoms with Gasteiger partial charge in [-0.15, -0.1) is 0 Å². The number of nitrogens with zero attached hydrogens (tertiary/aromatic N) is 8. The number of piperazine rings is 2.